The molecule has 0 unspecified atom stereocenters. The summed E-state index contributed by atoms with van der Waals surface area (Å²) >= 11 is 0. The van der Waals surface area contributed by atoms with Crippen molar-refractivity contribution in [3.63, 3.8) is 0 Å². The van der Waals surface area contributed by atoms with Gasteiger partial charge in [-0.05, 0) is 75.1 Å². The van der Waals surface area contributed by atoms with Crippen molar-refractivity contribution in [2.24, 2.45) is 5.92 Å². The molecule has 0 bridgehead atoms. The number of halogens is 2. The monoisotopic (exact) mass is 413 g/mol. The molecule has 2 aromatic heterocycles. The average Bonchev–Trinajstić information content (AvgIpc) is 3.46. The third-order valence-corrected chi connectivity index (χ3v) is 6.52. The normalized spacial score (nSPS) is 24.3. The molecule has 0 radical (unpaired) electrons. The van der Waals surface area contributed by atoms with E-state index >= 15 is 0 Å². The first kappa shape index (κ1) is 19.4. The minimum atomic E-state index is -1.15. The number of aliphatic hydroxyl groups is 1. The van der Waals surface area contributed by atoms with Crippen LogP contribution < -0.4 is 4.74 Å². The van der Waals surface area contributed by atoms with Gasteiger partial charge in [-0.2, -0.15) is 0 Å². The van der Waals surface area contributed by atoms with Crippen molar-refractivity contribution >= 4 is 5.65 Å². The third-order valence-electron chi connectivity index (χ3n) is 6.52. The van der Waals surface area contributed by atoms with Crippen LogP contribution >= 0.6 is 0 Å². The molecule has 30 heavy (non-hydrogen) atoms. The predicted octanol–water partition coefficient (Wildman–Crippen LogP) is 4.48. The number of ether oxygens (including phenoxy) is 1. The molecule has 5 rings (SSSR count). The first-order valence-electron chi connectivity index (χ1n) is 10.6. The summed E-state index contributed by atoms with van der Waals surface area (Å²) in [7, 11) is 0. The maximum absolute atomic E-state index is 13.6. The highest BCUT2D eigenvalue weighted by Crippen LogP contribution is 2.39. The SMILES string of the molecule is Cc1c(O[C@H]2CC[C@](O)(c3ccc(F)c(F)c3)CC2)ccn2c(CC3CC3)nnc12. The third kappa shape index (κ3) is 3.55. The van der Waals surface area contributed by atoms with Crippen LogP contribution in [0.4, 0.5) is 8.78 Å². The summed E-state index contributed by atoms with van der Waals surface area (Å²) in [4.78, 5) is 0. The molecule has 2 fully saturated rings. The first-order chi connectivity index (χ1) is 14.4. The smallest absolute Gasteiger partial charge is 0.167 e. The summed E-state index contributed by atoms with van der Waals surface area (Å²) in [6.07, 6.45) is 7.54. The Bertz CT molecular complexity index is 1090. The van der Waals surface area contributed by atoms with Gasteiger partial charge in [0.1, 0.15) is 11.6 Å². The Hall–Kier alpha value is -2.54. The van der Waals surface area contributed by atoms with E-state index in [2.05, 4.69) is 10.2 Å². The topological polar surface area (TPSA) is 59.7 Å². The average molecular weight is 413 g/mol. The van der Waals surface area contributed by atoms with Crippen molar-refractivity contribution in [3.8, 4) is 5.75 Å². The van der Waals surface area contributed by atoms with E-state index in [0.29, 0.717) is 31.2 Å². The Kier molecular flexibility index (Phi) is 4.73. The molecule has 3 aromatic rings. The number of benzene rings is 1. The zero-order valence-corrected chi connectivity index (χ0v) is 16.9. The van der Waals surface area contributed by atoms with Crippen molar-refractivity contribution in [2.75, 3.05) is 0 Å². The van der Waals surface area contributed by atoms with Gasteiger partial charge >= 0.3 is 0 Å². The Morgan fingerprint density at radius 2 is 1.87 bits per heavy atom. The van der Waals surface area contributed by atoms with Crippen molar-refractivity contribution in [3.05, 3.63) is 59.0 Å². The van der Waals surface area contributed by atoms with E-state index in [1.807, 2.05) is 23.6 Å². The van der Waals surface area contributed by atoms with E-state index < -0.39 is 17.2 Å². The maximum atomic E-state index is 13.6. The van der Waals surface area contributed by atoms with Crippen molar-refractivity contribution in [2.45, 2.75) is 63.6 Å². The van der Waals surface area contributed by atoms with Gasteiger partial charge in [0, 0.05) is 18.2 Å². The lowest BCUT2D eigenvalue weighted by Crippen LogP contribution is -2.35. The van der Waals surface area contributed by atoms with Gasteiger partial charge in [-0.15, -0.1) is 10.2 Å². The highest BCUT2D eigenvalue weighted by Gasteiger charge is 2.36. The largest absolute Gasteiger partial charge is 0.490 e. The molecule has 0 amide bonds. The summed E-state index contributed by atoms with van der Waals surface area (Å²) in [6.45, 7) is 1.99. The minimum absolute atomic E-state index is 0.0504. The van der Waals surface area contributed by atoms with Crippen LogP contribution in [0.1, 0.15) is 55.5 Å². The maximum Gasteiger partial charge on any atom is 0.167 e. The van der Waals surface area contributed by atoms with Crippen molar-refractivity contribution < 1.29 is 18.6 Å². The fourth-order valence-electron chi connectivity index (χ4n) is 4.40. The van der Waals surface area contributed by atoms with Crippen LogP contribution in [0.2, 0.25) is 0 Å². The van der Waals surface area contributed by atoms with Crippen molar-refractivity contribution in [1.29, 1.82) is 0 Å². The molecule has 158 valence electrons. The standard InChI is InChI=1S/C23H25F2N3O2/c1-14-20(8-11-28-21(12-15-2-3-15)26-27-22(14)28)30-17-6-9-23(29,10-7-17)16-4-5-18(24)19(25)13-16/h4-5,8,11,13,15,17,29H,2-3,6-7,9-10,12H2,1H3/t17-,23+. The first-order valence-corrected chi connectivity index (χ1v) is 10.6. The van der Waals surface area contributed by atoms with E-state index in [9.17, 15) is 13.9 Å². The molecule has 2 aliphatic carbocycles. The highest BCUT2D eigenvalue weighted by molar-refractivity contribution is 5.54. The number of hydrogen-bond donors (Lipinski definition) is 1. The summed E-state index contributed by atoms with van der Waals surface area (Å²) in [5, 5.41) is 19.7. The van der Waals surface area contributed by atoms with Gasteiger partial charge < -0.3 is 9.84 Å². The highest BCUT2D eigenvalue weighted by atomic mass is 19.2. The molecule has 1 N–H and O–H groups in total. The molecule has 7 heteroatoms. The van der Waals surface area contributed by atoms with Gasteiger partial charge in [0.05, 0.1) is 11.7 Å². The fourth-order valence-corrected chi connectivity index (χ4v) is 4.40. The molecular formula is C23H25F2N3O2. The molecule has 0 atom stereocenters. The predicted molar refractivity (Wildman–Crippen MR) is 107 cm³/mol. The van der Waals surface area contributed by atoms with Crippen LogP contribution in [-0.4, -0.2) is 25.8 Å². The molecule has 5 nitrogen and oxygen atoms in total. The van der Waals surface area contributed by atoms with E-state index in [1.165, 1.54) is 18.9 Å². The zero-order valence-electron chi connectivity index (χ0n) is 16.9. The van der Waals surface area contributed by atoms with E-state index in [1.54, 1.807) is 0 Å². The summed E-state index contributed by atoms with van der Waals surface area (Å²) in [6, 6.07) is 5.58. The van der Waals surface area contributed by atoms with Crippen LogP contribution in [0.3, 0.4) is 0 Å². The van der Waals surface area contributed by atoms with Gasteiger partial charge in [0.15, 0.2) is 17.3 Å². The van der Waals surface area contributed by atoms with Gasteiger partial charge in [0.25, 0.3) is 0 Å². The number of fused-ring (bicyclic) bond motifs is 1. The van der Waals surface area contributed by atoms with Gasteiger partial charge in [0.2, 0.25) is 0 Å². The zero-order chi connectivity index (χ0) is 20.9. The van der Waals surface area contributed by atoms with Crippen LogP contribution in [0, 0.1) is 24.5 Å². The molecule has 2 heterocycles. The van der Waals surface area contributed by atoms with Crippen LogP contribution in [-0.2, 0) is 12.0 Å². The number of hydrogen-bond acceptors (Lipinski definition) is 4. The molecule has 0 aliphatic heterocycles. The molecule has 0 saturated heterocycles. The molecular weight excluding hydrogens is 388 g/mol. The lowest BCUT2D eigenvalue weighted by atomic mass is 9.78. The van der Waals surface area contributed by atoms with E-state index in [-0.39, 0.29) is 6.10 Å². The minimum Gasteiger partial charge on any atom is -0.490 e. The second-order valence-corrected chi connectivity index (χ2v) is 8.74. The Morgan fingerprint density at radius 3 is 2.57 bits per heavy atom. The summed E-state index contributed by atoms with van der Waals surface area (Å²) < 4.78 is 35.1. The lowest BCUT2D eigenvalue weighted by Gasteiger charge is -2.36. The van der Waals surface area contributed by atoms with Gasteiger partial charge in [-0.1, -0.05) is 6.07 Å². The molecule has 2 saturated carbocycles. The van der Waals surface area contributed by atoms with Crippen molar-refractivity contribution in [1.82, 2.24) is 14.6 Å². The van der Waals surface area contributed by atoms with Crippen LogP contribution in [0.15, 0.2) is 30.5 Å². The van der Waals surface area contributed by atoms with Gasteiger partial charge in [-0.3, -0.25) is 4.40 Å². The molecule has 1 aromatic carbocycles. The number of aromatic nitrogens is 3. The second-order valence-electron chi connectivity index (χ2n) is 8.74. The van der Waals surface area contributed by atoms with E-state index in [4.69, 9.17) is 4.74 Å². The molecule has 0 spiro atoms. The fraction of sp³-hybridized carbons (Fsp3) is 0.478. The Balaban J connectivity index is 1.28. The number of nitrogens with zero attached hydrogens (tertiary/aromatic N) is 3. The lowest BCUT2D eigenvalue weighted by molar-refractivity contribution is -0.0306. The number of rotatable bonds is 5. The van der Waals surface area contributed by atoms with E-state index in [0.717, 1.165) is 47.3 Å². The molecule has 2 aliphatic rings. The quantitative estimate of drug-likeness (QED) is 0.670. The number of pyridine rings is 1. The summed E-state index contributed by atoms with van der Waals surface area (Å²) in [5.74, 6) is 0.674. The Morgan fingerprint density at radius 1 is 1.10 bits per heavy atom. The van der Waals surface area contributed by atoms with Crippen LogP contribution in [0.5, 0.6) is 5.75 Å². The van der Waals surface area contributed by atoms with Gasteiger partial charge in [-0.25, -0.2) is 8.78 Å². The number of aryl methyl sites for hydroxylation is 1. The Labute approximate surface area is 173 Å². The second kappa shape index (κ2) is 7.30. The van der Waals surface area contributed by atoms with Crippen LogP contribution in [0.25, 0.3) is 5.65 Å². The summed E-state index contributed by atoms with van der Waals surface area (Å²) in [5.41, 5.74) is 1.04.